The number of carbonyl (C=O) groups excluding carboxylic acids is 1. The number of phenols is 1. The van der Waals surface area contributed by atoms with Crippen LogP contribution < -0.4 is 10.1 Å². The summed E-state index contributed by atoms with van der Waals surface area (Å²) in [5.41, 5.74) is 0.795. The molecule has 3 rings (SSSR count). The summed E-state index contributed by atoms with van der Waals surface area (Å²) in [5.74, 6) is -2.96. The van der Waals surface area contributed by atoms with Crippen molar-refractivity contribution < 1.29 is 23.4 Å². The predicted octanol–water partition coefficient (Wildman–Crippen LogP) is 2.89. The Hall–Kier alpha value is -2.67. The minimum absolute atomic E-state index is 0.236. The van der Waals surface area contributed by atoms with Gasteiger partial charge in [0.15, 0.2) is 17.4 Å². The number of likely N-dealkylation sites (tertiary alicyclic amines) is 1. The van der Waals surface area contributed by atoms with E-state index in [9.17, 15) is 18.7 Å². The highest BCUT2D eigenvalue weighted by Crippen LogP contribution is 2.28. The number of hydrogen-bond donors (Lipinski definition) is 2. The van der Waals surface area contributed by atoms with Crippen molar-refractivity contribution in [3.8, 4) is 11.5 Å². The fourth-order valence-corrected chi connectivity index (χ4v) is 2.75. The second-order valence-electron chi connectivity index (χ2n) is 5.87. The SMILES string of the molecule is COc1ccc(CN2CCC2C(=O)Nc2ccc(F)c(O)c2F)cc1. The third kappa shape index (κ3) is 3.56. The lowest BCUT2D eigenvalue weighted by molar-refractivity contribution is -0.125. The van der Waals surface area contributed by atoms with Crippen LogP contribution in [0.5, 0.6) is 11.5 Å². The molecule has 1 heterocycles. The van der Waals surface area contributed by atoms with Gasteiger partial charge in [0.25, 0.3) is 0 Å². The van der Waals surface area contributed by atoms with Crippen molar-refractivity contribution in [3.05, 3.63) is 53.6 Å². The maximum absolute atomic E-state index is 13.8. The molecule has 2 aromatic rings. The normalized spacial score (nSPS) is 17.0. The number of hydrogen-bond acceptors (Lipinski definition) is 4. The van der Waals surface area contributed by atoms with E-state index in [-0.39, 0.29) is 11.6 Å². The minimum Gasteiger partial charge on any atom is -0.503 e. The van der Waals surface area contributed by atoms with Crippen LogP contribution in [0.15, 0.2) is 36.4 Å². The molecule has 1 aliphatic rings. The number of aromatic hydroxyl groups is 1. The van der Waals surface area contributed by atoms with E-state index in [1.54, 1.807) is 7.11 Å². The van der Waals surface area contributed by atoms with Crippen molar-refractivity contribution in [1.82, 2.24) is 4.90 Å². The predicted molar refractivity (Wildman–Crippen MR) is 88.5 cm³/mol. The maximum atomic E-state index is 13.8. The van der Waals surface area contributed by atoms with E-state index >= 15 is 0 Å². The molecule has 0 aliphatic carbocycles. The van der Waals surface area contributed by atoms with Crippen molar-refractivity contribution in [2.45, 2.75) is 19.0 Å². The third-order valence-electron chi connectivity index (χ3n) is 4.30. The van der Waals surface area contributed by atoms with Gasteiger partial charge in [-0.15, -0.1) is 0 Å². The highest BCUT2D eigenvalue weighted by Gasteiger charge is 2.34. The molecular weight excluding hydrogens is 330 g/mol. The Labute approximate surface area is 143 Å². The van der Waals surface area contributed by atoms with E-state index in [1.165, 1.54) is 0 Å². The van der Waals surface area contributed by atoms with Crippen LogP contribution in [0.4, 0.5) is 14.5 Å². The van der Waals surface area contributed by atoms with Gasteiger partial charge in [0.2, 0.25) is 5.91 Å². The number of benzene rings is 2. The van der Waals surface area contributed by atoms with Crippen LogP contribution >= 0.6 is 0 Å². The number of phenolic OH excluding ortho intramolecular Hbond substituents is 1. The zero-order valence-electron chi connectivity index (χ0n) is 13.6. The largest absolute Gasteiger partial charge is 0.503 e. The molecule has 0 saturated carbocycles. The van der Waals surface area contributed by atoms with Crippen LogP contribution in [0, 0.1) is 11.6 Å². The first-order chi connectivity index (χ1) is 12.0. The molecule has 1 fully saturated rings. The molecule has 0 radical (unpaired) electrons. The smallest absolute Gasteiger partial charge is 0.241 e. The van der Waals surface area contributed by atoms with Gasteiger partial charge in [-0.25, -0.2) is 8.78 Å². The fourth-order valence-electron chi connectivity index (χ4n) is 2.75. The monoisotopic (exact) mass is 348 g/mol. The van der Waals surface area contributed by atoms with Gasteiger partial charge in [-0.1, -0.05) is 12.1 Å². The number of methoxy groups -OCH3 is 1. The molecule has 1 amide bonds. The van der Waals surface area contributed by atoms with Gasteiger partial charge in [-0.2, -0.15) is 0 Å². The summed E-state index contributed by atoms with van der Waals surface area (Å²) in [6.07, 6.45) is 0.650. The first kappa shape index (κ1) is 17.2. The van der Waals surface area contributed by atoms with Gasteiger partial charge in [-0.3, -0.25) is 9.69 Å². The molecule has 1 unspecified atom stereocenters. The van der Waals surface area contributed by atoms with Crippen LogP contribution in [0.3, 0.4) is 0 Å². The molecule has 2 N–H and O–H groups in total. The van der Waals surface area contributed by atoms with Crippen molar-refractivity contribution in [1.29, 1.82) is 0 Å². The van der Waals surface area contributed by atoms with E-state index < -0.39 is 23.4 Å². The number of carbonyl (C=O) groups is 1. The summed E-state index contributed by atoms with van der Waals surface area (Å²) in [7, 11) is 1.59. The Morgan fingerprint density at radius 3 is 2.60 bits per heavy atom. The lowest BCUT2D eigenvalue weighted by Gasteiger charge is -2.39. The molecule has 0 spiro atoms. The molecule has 25 heavy (non-hydrogen) atoms. The molecule has 1 atom stereocenters. The zero-order chi connectivity index (χ0) is 18.0. The van der Waals surface area contributed by atoms with Crippen LogP contribution in [0.25, 0.3) is 0 Å². The van der Waals surface area contributed by atoms with Crippen molar-refractivity contribution >= 4 is 11.6 Å². The van der Waals surface area contributed by atoms with Crippen molar-refractivity contribution in [2.24, 2.45) is 0 Å². The van der Waals surface area contributed by atoms with Gasteiger partial charge in [0.1, 0.15) is 5.75 Å². The Kier molecular flexibility index (Phi) is 4.85. The topological polar surface area (TPSA) is 61.8 Å². The first-order valence-corrected chi connectivity index (χ1v) is 7.84. The molecule has 0 aromatic heterocycles. The van der Waals surface area contributed by atoms with E-state index in [0.29, 0.717) is 13.0 Å². The van der Waals surface area contributed by atoms with Gasteiger partial charge in [0, 0.05) is 13.1 Å². The Bertz CT molecular complexity index is 781. The highest BCUT2D eigenvalue weighted by molar-refractivity contribution is 5.95. The van der Waals surface area contributed by atoms with Gasteiger partial charge in [0.05, 0.1) is 18.8 Å². The Balaban J connectivity index is 1.63. The van der Waals surface area contributed by atoms with E-state index in [2.05, 4.69) is 5.32 Å². The summed E-state index contributed by atoms with van der Waals surface area (Å²) < 4.78 is 32.0. The van der Waals surface area contributed by atoms with Crippen LogP contribution in [0.2, 0.25) is 0 Å². The maximum Gasteiger partial charge on any atom is 0.241 e. The average Bonchev–Trinajstić information content (AvgIpc) is 2.59. The van der Waals surface area contributed by atoms with Crippen LogP contribution in [-0.4, -0.2) is 35.6 Å². The standard InChI is InChI=1S/C18H18F2N2O3/c1-25-12-4-2-11(3-5-12)10-22-9-8-15(22)18(24)21-14-7-6-13(19)17(23)16(14)20/h2-7,15,23H,8-10H2,1H3,(H,21,24). The molecule has 1 saturated heterocycles. The van der Waals surface area contributed by atoms with Crippen molar-refractivity contribution in [3.63, 3.8) is 0 Å². The lowest BCUT2D eigenvalue weighted by atomic mass is 10.0. The number of nitrogens with one attached hydrogen (secondary N) is 1. The summed E-state index contributed by atoms with van der Waals surface area (Å²) >= 11 is 0. The second kappa shape index (κ2) is 7.06. The Morgan fingerprint density at radius 2 is 2.00 bits per heavy atom. The molecular formula is C18H18F2N2O3. The molecule has 0 bridgehead atoms. The van der Waals surface area contributed by atoms with Crippen LogP contribution in [-0.2, 0) is 11.3 Å². The second-order valence-corrected chi connectivity index (χ2v) is 5.87. The van der Waals surface area contributed by atoms with Crippen LogP contribution in [0.1, 0.15) is 12.0 Å². The molecule has 132 valence electrons. The molecule has 5 nitrogen and oxygen atoms in total. The van der Waals surface area contributed by atoms with Gasteiger partial charge in [-0.05, 0) is 36.2 Å². The number of nitrogens with zero attached hydrogens (tertiary/aromatic N) is 1. The van der Waals surface area contributed by atoms with Gasteiger partial charge >= 0.3 is 0 Å². The number of halogens is 2. The quantitative estimate of drug-likeness (QED) is 0.872. The number of amides is 1. The summed E-state index contributed by atoms with van der Waals surface area (Å²) in [6, 6.07) is 9.14. The van der Waals surface area contributed by atoms with E-state index in [0.717, 1.165) is 30.0 Å². The molecule has 1 aliphatic heterocycles. The molecule has 2 aromatic carbocycles. The van der Waals surface area contributed by atoms with Crippen molar-refractivity contribution in [2.75, 3.05) is 19.0 Å². The summed E-state index contributed by atoms with van der Waals surface area (Å²) in [6.45, 7) is 1.33. The minimum atomic E-state index is -1.17. The third-order valence-corrected chi connectivity index (χ3v) is 4.30. The lowest BCUT2D eigenvalue weighted by Crippen LogP contribution is -2.53. The molecule has 7 heteroatoms. The highest BCUT2D eigenvalue weighted by atomic mass is 19.1. The average molecular weight is 348 g/mol. The Morgan fingerprint density at radius 1 is 1.28 bits per heavy atom. The summed E-state index contributed by atoms with van der Waals surface area (Å²) in [5, 5.41) is 11.7. The zero-order valence-corrected chi connectivity index (χ0v) is 13.6. The number of ether oxygens (including phenoxy) is 1. The van der Waals surface area contributed by atoms with Gasteiger partial charge < -0.3 is 15.2 Å². The fraction of sp³-hybridized carbons (Fsp3) is 0.278. The summed E-state index contributed by atoms with van der Waals surface area (Å²) in [4.78, 5) is 14.3. The number of rotatable bonds is 5. The first-order valence-electron chi connectivity index (χ1n) is 7.84. The van der Waals surface area contributed by atoms with E-state index in [4.69, 9.17) is 4.74 Å². The number of anilines is 1. The van der Waals surface area contributed by atoms with E-state index in [1.807, 2.05) is 29.2 Å².